The van der Waals surface area contributed by atoms with Gasteiger partial charge in [0.15, 0.2) is 0 Å². The van der Waals surface area contributed by atoms with Gasteiger partial charge in [0.25, 0.3) is 5.91 Å². The Balaban J connectivity index is 1.68. The van der Waals surface area contributed by atoms with E-state index < -0.39 is 0 Å². The highest BCUT2D eigenvalue weighted by Gasteiger charge is 2.18. The number of aromatic nitrogens is 1. The Kier molecular flexibility index (Phi) is 8.23. The molecule has 0 aliphatic heterocycles. The van der Waals surface area contributed by atoms with Gasteiger partial charge in [0.1, 0.15) is 17.4 Å². The summed E-state index contributed by atoms with van der Waals surface area (Å²) < 4.78 is 12.1. The summed E-state index contributed by atoms with van der Waals surface area (Å²) in [4.78, 5) is 19.5. The predicted octanol–water partition coefficient (Wildman–Crippen LogP) is 5.70. The average Bonchev–Trinajstić information content (AvgIpc) is 3.19. The van der Waals surface area contributed by atoms with E-state index in [9.17, 15) is 4.79 Å². The molecule has 0 aliphatic rings. The van der Waals surface area contributed by atoms with Crippen LogP contribution in [0, 0.1) is 20.8 Å². The van der Waals surface area contributed by atoms with E-state index in [0.717, 1.165) is 26.5 Å². The summed E-state index contributed by atoms with van der Waals surface area (Å²) in [6.07, 6.45) is 0. The average molecular weight is 503 g/mol. The number of methoxy groups -OCH3 is 1. The van der Waals surface area contributed by atoms with E-state index in [2.05, 4.69) is 48.8 Å². The number of amides is 1. The standard InChI is InChI=1S/C24H27BrN2O3S/c1-16-10-17(2)18(3)22(11-16)30-14-23-26-21(15-31-23)13-27(8-9-29-4)24(28)19-6-5-7-20(25)12-19/h5-7,10-12,15H,8-9,13-14H2,1-4H3. The Morgan fingerprint density at radius 1 is 1.19 bits per heavy atom. The van der Waals surface area contributed by atoms with Crippen LogP contribution in [0.3, 0.4) is 0 Å². The number of halogens is 1. The van der Waals surface area contributed by atoms with Crippen LogP contribution in [0.5, 0.6) is 5.75 Å². The first-order valence-electron chi connectivity index (χ1n) is 10.0. The fourth-order valence-corrected chi connectivity index (χ4v) is 4.33. The van der Waals surface area contributed by atoms with Crippen molar-refractivity contribution in [2.24, 2.45) is 0 Å². The lowest BCUT2D eigenvalue weighted by Crippen LogP contribution is -2.33. The Morgan fingerprint density at radius 3 is 2.74 bits per heavy atom. The lowest BCUT2D eigenvalue weighted by Gasteiger charge is -2.21. The summed E-state index contributed by atoms with van der Waals surface area (Å²) in [6.45, 7) is 8.02. The fourth-order valence-electron chi connectivity index (χ4n) is 3.23. The highest BCUT2D eigenvalue weighted by molar-refractivity contribution is 9.10. The van der Waals surface area contributed by atoms with Crippen molar-refractivity contribution in [2.75, 3.05) is 20.3 Å². The van der Waals surface area contributed by atoms with E-state index >= 15 is 0 Å². The summed E-state index contributed by atoms with van der Waals surface area (Å²) in [5, 5.41) is 2.87. The van der Waals surface area contributed by atoms with E-state index in [0.29, 0.717) is 31.9 Å². The molecule has 5 nitrogen and oxygen atoms in total. The monoisotopic (exact) mass is 502 g/mol. The molecule has 164 valence electrons. The van der Waals surface area contributed by atoms with Gasteiger partial charge < -0.3 is 14.4 Å². The number of rotatable bonds is 9. The molecule has 0 aliphatic carbocycles. The number of thiazole rings is 1. The first-order chi connectivity index (χ1) is 14.9. The van der Waals surface area contributed by atoms with Crippen LogP contribution in [-0.2, 0) is 17.9 Å². The highest BCUT2D eigenvalue weighted by atomic mass is 79.9. The quantitative estimate of drug-likeness (QED) is 0.376. The molecule has 7 heteroatoms. The zero-order valence-corrected chi connectivity index (χ0v) is 20.7. The summed E-state index contributed by atoms with van der Waals surface area (Å²) in [5.74, 6) is 0.843. The molecule has 0 atom stereocenters. The van der Waals surface area contributed by atoms with Crippen molar-refractivity contribution < 1.29 is 14.3 Å². The minimum Gasteiger partial charge on any atom is -0.486 e. The summed E-state index contributed by atoms with van der Waals surface area (Å²) in [7, 11) is 1.63. The maximum atomic E-state index is 13.0. The lowest BCUT2D eigenvalue weighted by molar-refractivity contribution is 0.0678. The second-order valence-corrected chi connectivity index (χ2v) is 9.31. The Labute approximate surface area is 196 Å². The van der Waals surface area contributed by atoms with E-state index in [1.54, 1.807) is 23.3 Å². The van der Waals surface area contributed by atoms with Crippen molar-refractivity contribution in [2.45, 2.75) is 33.9 Å². The van der Waals surface area contributed by atoms with Crippen molar-refractivity contribution in [3.8, 4) is 5.75 Å². The first kappa shape index (κ1) is 23.4. The number of nitrogens with zero attached hydrogens (tertiary/aromatic N) is 2. The van der Waals surface area contributed by atoms with Crippen LogP contribution in [0.15, 0.2) is 46.3 Å². The Morgan fingerprint density at radius 2 is 2.00 bits per heavy atom. The molecule has 0 spiro atoms. The van der Waals surface area contributed by atoms with Gasteiger partial charge in [0.05, 0.1) is 18.8 Å². The number of carbonyl (C=O) groups excluding carboxylic acids is 1. The molecule has 3 rings (SSSR count). The van der Waals surface area contributed by atoms with Crippen LogP contribution < -0.4 is 4.74 Å². The number of carbonyl (C=O) groups is 1. The third kappa shape index (κ3) is 6.38. The first-order valence-corrected chi connectivity index (χ1v) is 11.7. The van der Waals surface area contributed by atoms with Gasteiger partial charge in [-0.25, -0.2) is 4.98 Å². The van der Waals surface area contributed by atoms with E-state index in [-0.39, 0.29) is 5.91 Å². The fraction of sp³-hybridized carbons (Fsp3) is 0.333. The Hall–Kier alpha value is -2.22. The maximum absolute atomic E-state index is 13.0. The van der Waals surface area contributed by atoms with Gasteiger partial charge in [-0.05, 0) is 61.7 Å². The summed E-state index contributed by atoms with van der Waals surface area (Å²) in [5.41, 5.74) is 5.02. The molecule has 2 aromatic carbocycles. The smallest absolute Gasteiger partial charge is 0.254 e. The number of hydrogen-bond acceptors (Lipinski definition) is 5. The van der Waals surface area contributed by atoms with Gasteiger partial charge in [-0.15, -0.1) is 11.3 Å². The minimum atomic E-state index is -0.0463. The zero-order chi connectivity index (χ0) is 22.4. The van der Waals surface area contributed by atoms with Gasteiger partial charge in [-0.2, -0.15) is 0 Å². The second-order valence-electron chi connectivity index (χ2n) is 7.46. The number of aryl methyl sites for hydroxylation is 2. The molecule has 1 aromatic heterocycles. The van der Waals surface area contributed by atoms with E-state index in [1.807, 2.05) is 29.6 Å². The molecule has 0 fully saturated rings. The SMILES string of the molecule is COCCN(Cc1csc(COc2cc(C)cc(C)c2C)n1)C(=O)c1cccc(Br)c1. The number of ether oxygens (including phenoxy) is 2. The molecule has 0 saturated heterocycles. The molecule has 0 N–H and O–H groups in total. The molecular formula is C24H27BrN2O3S. The second kappa shape index (κ2) is 10.9. The molecule has 31 heavy (non-hydrogen) atoms. The summed E-state index contributed by atoms with van der Waals surface area (Å²) in [6, 6.07) is 11.6. The third-order valence-electron chi connectivity index (χ3n) is 4.99. The molecular weight excluding hydrogens is 476 g/mol. The largest absolute Gasteiger partial charge is 0.486 e. The van der Waals surface area contributed by atoms with Gasteiger partial charge >= 0.3 is 0 Å². The molecule has 3 aromatic rings. The number of hydrogen-bond donors (Lipinski definition) is 0. The maximum Gasteiger partial charge on any atom is 0.254 e. The van der Waals surface area contributed by atoms with Gasteiger partial charge in [0.2, 0.25) is 0 Å². The van der Waals surface area contributed by atoms with Crippen molar-refractivity contribution in [1.29, 1.82) is 0 Å². The molecule has 0 unspecified atom stereocenters. The van der Waals surface area contributed by atoms with E-state index in [4.69, 9.17) is 14.5 Å². The summed E-state index contributed by atoms with van der Waals surface area (Å²) >= 11 is 4.98. The van der Waals surface area contributed by atoms with Crippen LogP contribution in [-0.4, -0.2) is 36.1 Å². The normalized spacial score (nSPS) is 10.9. The van der Waals surface area contributed by atoms with Crippen LogP contribution in [0.25, 0.3) is 0 Å². The minimum absolute atomic E-state index is 0.0463. The molecule has 0 saturated carbocycles. The topological polar surface area (TPSA) is 51.7 Å². The van der Waals surface area contributed by atoms with Crippen molar-refractivity contribution >= 4 is 33.2 Å². The van der Waals surface area contributed by atoms with Crippen LogP contribution >= 0.6 is 27.3 Å². The predicted molar refractivity (Wildman–Crippen MR) is 128 cm³/mol. The lowest BCUT2D eigenvalue weighted by atomic mass is 10.1. The molecule has 1 amide bonds. The van der Waals surface area contributed by atoms with Gasteiger partial charge in [-0.1, -0.05) is 28.1 Å². The van der Waals surface area contributed by atoms with E-state index in [1.165, 1.54) is 11.1 Å². The highest BCUT2D eigenvalue weighted by Crippen LogP contribution is 2.25. The Bertz CT molecular complexity index is 1050. The molecule has 0 radical (unpaired) electrons. The van der Waals surface area contributed by atoms with Crippen LogP contribution in [0.2, 0.25) is 0 Å². The van der Waals surface area contributed by atoms with Crippen LogP contribution in [0.4, 0.5) is 0 Å². The van der Waals surface area contributed by atoms with Gasteiger partial charge in [0, 0.05) is 29.1 Å². The number of benzene rings is 2. The molecule has 0 bridgehead atoms. The van der Waals surface area contributed by atoms with Crippen molar-refractivity contribution in [3.63, 3.8) is 0 Å². The van der Waals surface area contributed by atoms with Crippen molar-refractivity contribution in [1.82, 2.24) is 9.88 Å². The van der Waals surface area contributed by atoms with Gasteiger partial charge in [-0.3, -0.25) is 4.79 Å². The van der Waals surface area contributed by atoms with Crippen LogP contribution in [0.1, 0.15) is 37.7 Å². The molecule has 1 heterocycles. The third-order valence-corrected chi connectivity index (χ3v) is 6.36. The van der Waals surface area contributed by atoms with Crippen molar-refractivity contribution in [3.05, 3.63) is 79.2 Å². The zero-order valence-electron chi connectivity index (χ0n) is 18.3.